The summed E-state index contributed by atoms with van der Waals surface area (Å²) >= 11 is 7.77. The molecule has 160 valence electrons. The van der Waals surface area contributed by atoms with Crippen LogP contribution in [0.15, 0.2) is 78.0 Å². The lowest BCUT2D eigenvalue weighted by molar-refractivity contribution is -0.116. The molecule has 1 aliphatic heterocycles. The summed E-state index contributed by atoms with van der Waals surface area (Å²) in [6.45, 7) is 2.69. The molecule has 0 unspecified atom stereocenters. The highest BCUT2D eigenvalue weighted by Crippen LogP contribution is 2.32. The van der Waals surface area contributed by atoms with Gasteiger partial charge in [-0.1, -0.05) is 71.9 Å². The first-order valence-electron chi connectivity index (χ1n) is 10.4. The van der Waals surface area contributed by atoms with E-state index in [1.165, 1.54) is 17.3 Å². The van der Waals surface area contributed by atoms with Gasteiger partial charge < -0.3 is 4.90 Å². The second-order valence-electron chi connectivity index (χ2n) is 7.65. The van der Waals surface area contributed by atoms with E-state index in [0.29, 0.717) is 16.0 Å². The number of benzene rings is 3. The number of aryl methyl sites for hydroxylation is 1. The van der Waals surface area contributed by atoms with E-state index in [9.17, 15) is 4.79 Å². The minimum atomic E-state index is 0.0718. The molecule has 0 radical (unpaired) electrons. The van der Waals surface area contributed by atoms with Crippen molar-refractivity contribution < 1.29 is 4.79 Å². The van der Waals surface area contributed by atoms with Gasteiger partial charge in [0.25, 0.3) is 0 Å². The number of para-hydroxylation sites is 2. The molecule has 2 heterocycles. The third-order valence-corrected chi connectivity index (χ3v) is 6.91. The zero-order valence-corrected chi connectivity index (χ0v) is 19.1. The van der Waals surface area contributed by atoms with E-state index in [-0.39, 0.29) is 11.7 Å². The van der Waals surface area contributed by atoms with E-state index in [4.69, 9.17) is 11.6 Å². The minimum Gasteiger partial charge on any atom is -0.311 e. The molecule has 0 spiro atoms. The van der Waals surface area contributed by atoms with Crippen molar-refractivity contribution in [2.45, 2.75) is 18.5 Å². The number of carbonyl (C=O) groups excluding carboxylic acids is 1. The van der Waals surface area contributed by atoms with E-state index in [2.05, 4.69) is 16.3 Å². The number of nitrogens with zero attached hydrogens (tertiary/aromatic N) is 4. The van der Waals surface area contributed by atoms with Gasteiger partial charge >= 0.3 is 0 Å². The Kier molecular flexibility index (Phi) is 5.72. The number of halogens is 1. The molecule has 7 heteroatoms. The molecule has 0 atom stereocenters. The summed E-state index contributed by atoms with van der Waals surface area (Å²) in [5.41, 5.74) is 5.05. The molecule has 1 aliphatic rings. The Labute approximate surface area is 196 Å². The van der Waals surface area contributed by atoms with Crippen molar-refractivity contribution in [2.75, 3.05) is 17.2 Å². The molecular formula is C25H21ClN4OS. The molecule has 5 rings (SSSR count). The summed E-state index contributed by atoms with van der Waals surface area (Å²) in [4.78, 5) is 14.9. The van der Waals surface area contributed by atoms with Crippen molar-refractivity contribution >= 4 is 35.0 Å². The first-order chi connectivity index (χ1) is 15.6. The summed E-state index contributed by atoms with van der Waals surface area (Å²) in [5.74, 6) is 1.05. The van der Waals surface area contributed by atoms with Crippen LogP contribution in [0.2, 0.25) is 5.02 Å². The SMILES string of the molecule is Cc1ccc(-c2nnc(SCC(=O)N3CCc4ccccc43)n2-c2ccccc2)cc1Cl. The van der Waals surface area contributed by atoms with Crippen molar-refractivity contribution in [2.24, 2.45) is 0 Å². The Bertz CT molecular complexity index is 1290. The topological polar surface area (TPSA) is 51.0 Å². The van der Waals surface area contributed by atoms with Crippen LogP contribution in [0.25, 0.3) is 17.1 Å². The first kappa shape index (κ1) is 20.8. The number of thioether (sulfide) groups is 1. The van der Waals surface area contributed by atoms with Gasteiger partial charge in [0.05, 0.1) is 5.75 Å². The Hall–Kier alpha value is -3.09. The third kappa shape index (κ3) is 3.92. The lowest BCUT2D eigenvalue weighted by atomic mass is 10.1. The predicted molar refractivity (Wildman–Crippen MR) is 130 cm³/mol. The van der Waals surface area contributed by atoms with Crippen LogP contribution in [-0.4, -0.2) is 33.0 Å². The second-order valence-corrected chi connectivity index (χ2v) is 9.00. The Morgan fingerprint density at radius 3 is 2.62 bits per heavy atom. The standard InChI is InChI=1S/C25H21ClN4OS/c1-17-11-12-19(15-21(17)26)24-27-28-25(30(24)20-8-3-2-4-9-20)32-16-23(31)29-14-13-18-7-5-6-10-22(18)29/h2-12,15H,13-14,16H2,1H3. The Balaban J connectivity index is 1.45. The van der Waals surface area contributed by atoms with Crippen molar-refractivity contribution in [1.82, 2.24) is 14.8 Å². The van der Waals surface area contributed by atoms with Gasteiger partial charge in [0.1, 0.15) is 0 Å². The maximum Gasteiger partial charge on any atom is 0.237 e. The summed E-state index contributed by atoms with van der Waals surface area (Å²) in [6.07, 6.45) is 0.894. The van der Waals surface area contributed by atoms with Gasteiger partial charge in [-0.2, -0.15) is 0 Å². The lowest BCUT2D eigenvalue weighted by Crippen LogP contribution is -2.30. The van der Waals surface area contributed by atoms with Crippen molar-refractivity contribution in [3.8, 4) is 17.1 Å². The van der Waals surface area contributed by atoms with Crippen molar-refractivity contribution in [1.29, 1.82) is 0 Å². The maximum atomic E-state index is 13.0. The lowest BCUT2D eigenvalue weighted by Gasteiger charge is -2.17. The van der Waals surface area contributed by atoms with Gasteiger partial charge in [0.15, 0.2) is 11.0 Å². The smallest absolute Gasteiger partial charge is 0.237 e. The molecule has 32 heavy (non-hydrogen) atoms. The fourth-order valence-corrected chi connectivity index (χ4v) is 4.90. The highest BCUT2D eigenvalue weighted by Gasteiger charge is 2.25. The van der Waals surface area contributed by atoms with E-state index in [1.54, 1.807) is 0 Å². The molecule has 4 aromatic rings. The number of anilines is 1. The van der Waals surface area contributed by atoms with Crippen LogP contribution in [0, 0.1) is 6.92 Å². The molecule has 5 nitrogen and oxygen atoms in total. The molecule has 0 aliphatic carbocycles. The Morgan fingerprint density at radius 1 is 1.03 bits per heavy atom. The van der Waals surface area contributed by atoms with Gasteiger partial charge in [-0.05, 0) is 48.7 Å². The number of hydrogen-bond donors (Lipinski definition) is 0. The van der Waals surface area contributed by atoms with Crippen LogP contribution in [0.4, 0.5) is 5.69 Å². The zero-order chi connectivity index (χ0) is 22.1. The van der Waals surface area contributed by atoms with Crippen LogP contribution in [-0.2, 0) is 11.2 Å². The summed E-state index contributed by atoms with van der Waals surface area (Å²) < 4.78 is 1.98. The molecule has 0 saturated carbocycles. The Morgan fingerprint density at radius 2 is 1.81 bits per heavy atom. The van der Waals surface area contributed by atoms with Gasteiger partial charge in [-0.15, -0.1) is 10.2 Å². The number of carbonyl (C=O) groups is 1. The minimum absolute atomic E-state index is 0.0718. The molecule has 3 aromatic carbocycles. The second kappa shape index (κ2) is 8.81. The van der Waals surface area contributed by atoms with E-state index in [1.807, 2.05) is 83.1 Å². The van der Waals surface area contributed by atoms with Gasteiger partial charge in [-0.25, -0.2) is 0 Å². The van der Waals surface area contributed by atoms with Gasteiger partial charge in [-0.3, -0.25) is 9.36 Å². The number of rotatable bonds is 5. The van der Waals surface area contributed by atoms with E-state index < -0.39 is 0 Å². The maximum absolute atomic E-state index is 13.0. The highest BCUT2D eigenvalue weighted by atomic mass is 35.5. The first-order valence-corrected chi connectivity index (χ1v) is 11.8. The third-order valence-electron chi connectivity index (χ3n) is 5.59. The quantitative estimate of drug-likeness (QED) is 0.365. The zero-order valence-electron chi connectivity index (χ0n) is 17.5. The highest BCUT2D eigenvalue weighted by molar-refractivity contribution is 7.99. The number of fused-ring (bicyclic) bond motifs is 1. The average molecular weight is 461 g/mol. The van der Waals surface area contributed by atoms with Gasteiger partial charge in [0.2, 0.25) is 5.91 Å². The van der Waals surface area contributed by atoms with Crippen LogP contribution in [0.3, 0.4) is 0 Å². The van der Waals surface area contributed by atoms with Crippen LogP contribution in [0.1, 0.15) is 11.1 Å². The number of amides is 1. The molecule has 0 N–H and O–H groups in total. The molecule has 1 aromatic heterocycles. The predicted octanol–water partition coefficient (Wildman–Crippen LogP) is 5.58. The summed E-state index contributed by atoms with van der Waals surface area (Å²) in [7, 11) is 0. The van der Waals surface area contributed by atoms with E-state index in [0.717, 1.165) is 35.5 Å². The summed E-state index contributed by atoms with van der Waals surface area (Å²) in [5, 5.41) is 10.2. The fourth-order valence-electron chi connectivity index (χ4n) is 3.89. The van der Waals surface area contributed by atoms with Gasteiger partial charge in [0, 0.05) is 28.5 Å². The van der Waals surface area contributed by atoms with Crippen molar-refractivity contribution in [3.05, 3.63) is 88.9 Å². The number of hydrogen-bond acceptors (Lipinski definition) is 4. The van der Waals surface area contributed by atoms with Crippen molar-refractivity contribution in [3.63, 3.8) is 0 Å². The largest absolute Gasteiger partial charge is 0.311 e. The van der Waals surface area contributed by atoms with Crippen LogP contribution < -0.4 is 4.90 Å². The van der Waals surface area contributed by atoms with Crippen LogP contribution >= 0.6 is 23.4 Å². The van der Waals surface area contributed by atoms with E-state index >= 15 is 0 Å². The fraction of sp³-hybridized carbons (Fsp3) is 0.160. The average Bonchev–Trinajstić information content (AvgIpc) is 3.44. The normalized spacial score (nSPS) is 12.8. The monoisotopic (exact) mass is 460 g/mol. The molecule has 0 bridgehead atoms. The molecular weight excluding hydrogens is 440 g/mol. The molecule has 0 fully saturated rings. The molecule has 1 amide bonds. The van der Waals surface area contributed by atoms with Crippen LogP contribution in [0.5, 0.6) is 0 Å². The number of aromatic nitrogens is 3. The molecule has 0 saturated heterocycles. The summed E-state index contributed by atoms with van der Waals surface area (Å²) in [6, 6.07) is 23.9.